The quantitative estimate of drug-likeness (QED) is 0.868. The molecule has 2 unspecified atom stereocenters. The Kier molecular flexibility index (Phi) is 4.16. The molecule has 1 aromatic carbocycles. The fraction of sp³-hybridized carbons (Fsp3) is 0.625. The van der Waals surface area contributed by atoms with E-state index in [1.54, 1.807) is 0 Å². The molecule has 2 atom stereocenters. The number of rotatable bonds is 3. The first-order valence-electron chi connectivity index (χ1n) is 7.57. The molecule has 0 amide bonds. The van der Waals surface area contributed by atoms with Crippen LogP contribution in [0.4, 0.5) is 0 Å². The maximum Gasteiger partial charge on any atom is 0.0336 e. The van der Waals surface area contributed by atoms with Gasteiger partial charge in [-0.3, -0.25) is 0 Å². The van der Waals surface area contributed by atoms with E-state index in [-0.39, 0.29) is 0 Å². The van der Waals surface area contributed by atoms with Gasteiger partial charge >= 0.3 is 0 Å². The van der Waals surface area contributed by atoms with Gasteiger partial charge in [-0.15, -0.1) is 0 Å². The SMILES string of the molecule is CN1CCCC1CNC1CCNCc2ccccc21. The van der Waals surface area contributed by atoms with Crippen LogP contribution >= 0.6 is 0 Å². The zero-order valence-electron chi connectivity index (χ0n) is 11.9. The number of benzene rings is 1. The number of fused-ring (bicyclic) bond motifs is 1. The first-order chi connectivity index (χ1) is 9.34. The molecule has 2 heterocycles. The maximum atomic E-state index is 3.81. The Bertz CT molecular complexity index is 418. The molecule has 2 aliphatic heterocycles. The minimum absolute atomic E-state index is 0.514. The van der Waals surface area contributed by atoms with Gasteiger partial charge in [-0.2, -0.15) is 0 Å². The summed E-state index contributed by atoms with van der Waals surface area (Å²) in [6, 6.07) is 10.1. The first-order valence-corrected chi connectivity index (χ1v) is 7.57. The van der Waals surface area contributed by atoms with Gasteiger partial charge in [0.25, 0.3) is 0 Å². The second-order valence-electron chi connectivity index (χ2n) is 5.90. The van der Waals surface area contributed by atoms with E-state index in [9.17, 15) is 0 Å². The van der Waals surface area contributed by atoms with Crippen LogP contribution in [-0.2, 0) is 6.54 Å². The van der Waals surface area contributed by atoms with Crippen molar-refractivity contribution in [3.8, 4) is 0 Å². The normalized spacial score (nSPS) is 28.1. The molecule has 3 heteroatoms. The predicted octanol–water partition coefficient (Wildman–Crippen LogP) is 1.90. The molecular weight excluding hydrogens is 234 g/mol. The molecule has 0 bridgehead atoms. The van der Waals surface area contributed by atoms with Crippen LogP contribution in [0.25, 0.3) is 0 Å². The van der Waals surface area contributed by atoms with Crippen LogP contribution in [0.5, 0.6) is 0 Å². The Morgan fingerprint density at radius 3 is 3.05 bits per heavy atom. The van der Waals surface area contributed by atoms with Gasteiger partial charge in [-0.05, 0) is 50.5 Å². The van der Waals surface area contributed by atoms with Crippen molar-refractivity contribution in [2.75, 3.05) is 26.7 Å². The zero-order chi connectivity index (χ0) is 13.1. The lowest BCUT2D eigenvalue weighted by molar-refractivity contribution is 0.289. The van der Waals surface area contributed by atoms with E-state index >= 15 is 0 Å². The minimum Gasteiger partial charge on any atom is -0.313 e. The number of hydrogen-bond acceptors (Lipinski definition) is 3. The van der Waals surface area contributed by atoms with Gasteiger partial charge in [-0.25, -0.2) is 0 Å². The van der Waals surface area contributed by atoms with Gasteiger partial charge in [0, 0.05) is 25.2 Å². The van der Waals surface area contributed by atoms with Crippen molar-refractivity contribution < 1.29 is 0 Å². The highest BCUT2D eigenvalue weighted by molar-refractivity contribution is 5.31. The summed E-state index contributed by atoms with van der Waals surface area (Å²) in [6.45, 7) is 4.50. The highest BCUT2D eigenvalue weighted by Crippen LogP contribution is 2.24. The molecule has 1 saturated heterocycles. The molecule has 0 spiro atoms. The fourth-order valence-corrected chi connectivity index (χ4v) is 3.39. The average molecular weight is 259 g/mol. The molecule has 0 radical (unpaired) electrons. The Morgan fingerprint density at radius 2 is 2.21 bits per heavy atom. The molecule has 104 valence electrons. The van der Waals surface area contributed by atoms with Crippen molar-refractivity contribution >= 4 is 0 Å². The Labute approximate surface area is 116 Å². The monoisotopic (exact) mass is 259 g/mol. The summed E-state index contributed by atoms with van der Waals surface area (Å²) in [5.41, 5.74) is 2.95. The molecule has 0 aliphatic carbocycles. The predicted molar refractivity (Wildman–Crippen MR) is 79.2 cm³/mol. The first kappa shape index (κ1) is 13.1. The Balaban J connectivity index is 1.67. The van der Waals surface area contributed by atoms with Crippen LogP contribution < -0.4 is 10.6 Å². The highest BCUT2D eigenvalue weighted by atomic mass is 15.2. The Hall–Kier alpha value is -0.900. The number of nitrogens with one attached hydrogen (secondary N) is 2. The summed E-state index contributed by atoms with van der Waals surface area (Å²) in [5.74, 6) is 0. The topological polar surface area (TPSA) is 27.3 Å². The van der Waals surface area contributed by atoms with Crippen LogP contribution in [0.3, 0.4) is 0 Å². The lowest BCUT2D eigenvalue weighted by Crippen LogP contribution is -2.37. The van der Waals surface area contributed by atoms with Crippen molar-refractivity contribution in [2.45, 2.75) is 37.9 Å². The molecule has 19 heavy (non-hydrogen) atoms. The van der Waals surface area contributed by atoms with Crippen LogP contribution in [0.1, 0.15) is 36.4 Å². The lowest BCUT2D eigenvalue weighted by atomic mass is 9.99. The molecule has 1 fully saturated rings. The van der Waals surface area contributed by atoms with Gasteiger partial charge in [0.1, 0.15) is 0 Å². The molecule has 0 aromatic heterocycles. The number of hydrogen-bond donors (Lipinski definition) is 2. The lowest BCUT2D eigenvalue weighted by Gasteiger charge is -2.24. The van der Waals surface area contributed by atoms with E-state index in [0.29, 0.717) is 6.04 Å². The second kappa shape index (κ2) is 6.04. The van der Waals surface area contributed by atoms with E-state index in [2.05, 4.69) is 46.8 Å². The summed E-state index contributed by atoms with van der Waals surface area (Å²) in [6.07, 6.45) is 3.88. The van der Waals surface area contributed by atoms with Crippen LogP contribution in [-0.4, -0.2) is 37.6 Å². The van der Waals surface area contributed by atoms with E-state index in [1.165, 1.54) is 36.9 Å². The maximum absolute atomic E-state index is 3.81. The number of likely N-dealkylation sites (N-methyl/N-ethyl adjacent to an activating group) is 1. The highest BCUT2D eigenvalue weighted by Gasteiger charge is 2.23. The van der Waals surface area contributed by atoms with Gasteiger partial charge in [-0.1, -0.05) is 24.3 Å². The van der Waals surface area contributed by atoms with Gasteiger partial charge < -0.3 is 15.5 Å². The third-order valence-electron chi connectivity index (χ3n) is 4.63. The minimum atomic E-state index is 0.514. The summed E-state index contributed by atoms with van der Waals surface area (Å²) < 4.78 is 0. The smallest absolute Gasteiger partial charge is 0.0336 e. The molecule has 2 N–H and O–H groups in total. The number of likely N-dealkylation sites (tertiary alicyclic amines) is 1. The van der Waals surface area contributed by atoms with Crippen LogP contribution in [0.15, 0.2) is 24.3 Å². The molecule has 3 rings (SSSR count). The standard InChI is InChI=1S/C16H25N3/c1-19-10-4-6-14(19)12-18-16-8-9-17-11-13-5-2-3-7-15(13)16/h2-3,5,7,14,16-18H,4,6,8-12H2,1H3. The molecular formula is C16H25N3. The molecule has 3 nitrogen and oxygen atoms in total. The summed E-state index contributed by atoms with van der Waals surface area (Å²) in [4.78, 5) is 2.49. The number of nitrogens with zero attached hydrogens (tertiary/aromatic N) is 1. The Morgan fingerprint density at radius 1 is 1.32 bits per heavy atom. The summed E-state index contributed by atoms with van der Waals surface area (Å²) in [5, 5.41) is 7.33. The van der Waals surface area contributed by atoms with Gasteiger partial charge in [0.05, 0.1) is 0 Å². The van der Waals surface area contributed by atoms with E-state index in [0.717, 1.165) is 25.7 Å². The zero-order valence-corrected chi connectivity index (χ0v) is 11.9. The van der Waals surface area contributed by atoms with Crippen molar-refractivity contribution in [3.05, 3.63) is 35.4 Å². The summed E-state index contributed by atoms with van der Waals surface area (Å²) >= 11 is 0. The second-order valence-corrected chi connectivity index (χ2v) is 5.90. The van der Waals surface area contributed by atoms with Crippen molar-refractivity contribution in [3.63, 3.8) is 0 Å². The van der Waals surface area contributed by atoms with Crippen molar-refractivity contribution in [2.24, 2.45) is 0 Å². The van der Waals surface area contributed by atoms with E-state index < -0.39 is 0 Å². The van der Waals surface area contributed by atoms with Gasteiger partial charge in [0.2, 0.25) is 0 Å². The molecule has 0 saturated carbocycles. The van der Waals surface area contributed by atoms with Crippen molar-refractivity contribution in [1.29, 1.82) is 0 Å². The van der Waals surface area contributed by atoms with Crippen LogP contribution in [0.2, 0.25) is 0 Å². The van der Waals surface area contributed by atoms with Gasteiger partial charge in [0.15, 0.2) is 0 Å². The fourth-order valence-electron chi connectivity index (χ4n) is 3.39. The third kappa shape index (κ3) is 2.99. The van der Waals surface area contributed by atoms with Crippen LogP contribution in [0, 0.1) is 0 Å². The summed E-state index contributed by atoms with van der Waals surface area (Å²) in [7, 11) is 2.25. The third-order valence-corrected chi connectivity index (χ3v) is 4.63. The molecule has 1 aromatic rings. The largest absolute Gasteiger partial charge is 0.313 e. The van der Waals surface area contributed by atoms with Crippen molar-refractivity contribution in [1.82, 2.24) is 15.5 Å². The average Bonchev–Trinajstić information content (AvgIpc) is 2.73. The van der Waals surface area contributed by atoms with E-state index in [1.807, 2.05) is 0 Å². The molecule has 2 aliphatic rings. The van der Waals surface area contributed by atoms with E-state index in [4.69, 9.17) is 0 Å².